The van der Waals surface area contributed by atoms with Crippen LogP contribution in [0.2, 0.25) is 0 Å². The maximum atomic E-state index is 12.6. The molecule has 2 saturated carbocycles. The Kier molecular flexibility index (Phi) is 6.65. The topological polar surface area (TPSA) is 58.6 Å². The first-order valence-electron chi connectivity index (χ1n) is 10.2. The number of amides is 2. The van der Waals surface area contributed by atoms with Crippen LogP contribution in [-0.2, 0) is 14.3 Å². The van der Waals surface area contributed by atoms with E-state index in [4.69, 9.17) is 0 Å². The SMILES string of the molecule is O=C(NCC1CCCC(OC(F)(F)F)C1)C1CCN(C2CCCCC2)C1=O. The second kappa shape index (κ2) is 8.80. The number of rotatable bonds is 5. The molecule has 1 N–H and O–H groups in total. The minimum Gasteiger partial charge on any atom is -0.355 e. The molecule has 3 rings (SSSR count). The van der Waals surface area contributed by atoms with Gasteiger partial charge < -0.3 is 10.2 Å². The first-order chi connectivity index (χ1) is 12.8. The lowest BCUT2D eigenvalue weighted by Crippen LogP contribution is -2.43. The van der Waals surface area contributed by atoms with Crippen LogP contribution in [0.25, 0.3) is 0 Å². The second-order valence-electron chi connectivity index (χ2n) is 8.13. The summed E-state index contributed by atoms with van der Waals surface area (Å²) in [5.41, 5.74) is 0. The van der Waals surface area contributed by atoms with Crippen molar-refractivity contribution in [2.75, 3.05) is 13.1 Å². The Morgan fingerprint density at radius 3 is 2.52 bits per heavy atom. The highest BCUT2D eigenvalue weighted by Gasteiger charge is 2.40. The molecule has 2 amide bonds. The van der Waals surface area contributed by atoms with Crippen LogP contribution in [0.4, 0.5) is 13.2 Å². The molecule has 0 radical (unpaired) electrons. The normalized spacial score (nSPS) is 30.6. The van der Waals surface area contributed by atoms with Crippen molar-refractivity contribution in [3.63, 3.8) is 0 Å². The fourth-order valence-corrected chi connectivity index (χ4v) is 4.79. The molecule has 1 aliphatic heterocycles. The molecule has 8 heteroatoms. The van der Waals surface area contributed by atoms with Crippen LogP contribution >= 0.6 is 0 Å². The molecule has 3 unspecified atom stereocenters. The van der Waals surface area contributed by atoms with E-state index in [9.17, 15) is 22.8 Å². The van der Waals surface area contributed by atoms with E-state index in [1.54, 1.807) is 0 Å². The van der Waals surface area contributed by atoms with Gasteiger partial charge in [-0.25, -0.2) is 0 Å². The standard InChI is InChI=1S/C19H29F3N2O3/c20-19(21,22)27-15-8-4-5-13(11-15)12-23-17(25)16-9-10-24(18(16)26)14-6-2-1-3-7-14/h13-16H,1-12H2,(H,23,25). The molecule has 3 aliphatic rings. The summed E-state index contributed by atoms with van der Waals surface area (Å²) < 4.78 is 41.3. The number of halogens is 3. The third kappa shape index (κ3) is 5.59. The summed E-state index contributed by atoms with van der Waals surface area (Å²) in [7, 11) is 0. The van der Waals surface area contributed by atoms with Gasteiger partial charge in [0.2, 0.25) is 11.8 Å². The van der Waals surface area contributed by atoms with Gasteiger partial charge in [0.05, 0.1) is 6.10 Å². The van der Waals surface area contributed by atoms with Crippen molar-refractivity contribution in [2.45, 2.75) is 82.7 Å². The molecule has 27 heavy (non-hydrogen) atoms. The van der Waals surface area contributed by atoms with Gasteiger partial charge in [0, 0.05) is 19.1 Å². The van der Waals surface area contributed by atoms with E-state index in [0.717, 1.165) is 32.1 Å². The van der Waals surface area contributed by atoms with Crippen LogP contribution in [-0.4, -0.2) is 48.3 Å². The fraction of sp³-hybridized carbons (Fsp3) is 0.895. The smallest absolute Gasteiger partial charge is 0.355 e. The molecule has 3 atom stereocenters. The van der Waals surface area contributed by atoms with Crippen molar-refractivity contribution in [1.82, 2.24) is 10.2 Å². The Morgan fingerprint density at radius 2 is 1.81 bits per heavy atom. The molecule has 1 heterocycles. The summed E-state index contributed by atoms with van der Waals surface area (Å²) in [6.45, 7) is 0.941. The predicted molar refractivity (Wildman–Crippen MR) is 92.6 cm³/mol. The highest BCUT2D eigenvalue weighted by Crippen LogP contribution is 2.31. The Balaban J connectivity index is 1.44. The molecule has 0 aromatic carbocycles. The molecule has 0 bridgehead atoms. The van der Waals surface area contributed by atoms with Crippen LogP contribution < -0.4 is 5.32 Å². The van der Waals surface area contributed by atoms with Gasteiger partial charge >= 0.3 is 6.36 Å². The molecule has 2 aliphatic carbocycles. The van der Waals surface area contributed by atoms with Gasteiger partial charge in [0.15, 0.2) is 0 Å². The van der Waals surface area contributed by atoms with E-state index >= 15 is 0 Å². The number of nitrogens with one attached hydrogen (secondary N) is 1. The summed E-state index contributed by atoms with van der Waals surface area (Å²) in [5.74, 6) is -1.04. The molecular formula is C19H29F3N2O3. The van der Waals surface area contributed by atoms with E-state index in [2.05, 4.69) is 10.1 Å². The minimum atomic E-state index is -4.62. The van der Waals surface area contributed by atoms with Crippen molar-refractivity contribution in [3.8, 4) is 0 Å². The Hall–Kier alpha value is -1.31. The third-order valence-electron chi connectivity index (χ3n) is 6.17. The summed E-state index contributed by atoms with van der Waals surface area (Å²) in [4.78, 5) is 27.0. The largest absolute Gasteiger partial charge is 0.522 e. The zero-order valence-electron chi connectivity index (χ0n) is 15.6. The fourth-order valence-electron chi connectivity index (χ4n) is 4.79. The Morgan fingerprint density at radius 1 is 1.07 bits per heavy atom. The first kappa shape index (κ1) is 20.4. The van der Waals surface area contributed by atoms with Gasteiger partial charge in [-0.15, -0.1) is 13.2 Å². The zero-order chi connectivity index (χ0) is 19.4. The van der Waals surface area contributed by atoms with E-state index in [1.807, 2.05) is 4.90 Å². The molecule has 1 saturated heterocycles. The lowest BCUT2D eigenvalue weighted by Gasteiger charge is -2.31. The minimum absolute atomic E-state index is 0.0407. The molecule has 0 aromatic rings. The molecule has 0 aromatic heterocycles. The van der Waals surface area contributed by atoms with Gasteiger partial charge in [-0.3, -0.25) is 14.3 Å². The van der Waals surface area contributed by atoms with Crippen molar-refractivity contribution in [2.24, 2.45) is 11.8 Å². The van der Waals surface area contributed by atoms with E-state index in [-0.39, 0.29) is 30.2 Å². The zero-order valence-corrected chi connectivity index (χ0v) is 15.6. The highest BCUT2D eigenvalue weighted by atomic mass is 19.4. The molecule has 3 fully saturated rings. The van der Waals surface area contributed by atoms with E-state index in [0.29, 0.717) is 32.4 Å². The lowest BCUT2D eigenvalue weighted by molar-refractivity contribution is -0.346. The van der Waals surface area contributed by atoms with Gasteiger partial charge in [0.25, 0.3) is 0 Å². The summed E-state index contributed by atoms with van der Waals surface area (Å²) in [6, 6.07) is 0.266. The van der Waals surface area contributed by atoms with Crippen LogP contribution in [0.3, 0.4) is 0 Å². The molecule has 154 valence electrons. The Labute approximate surface area is 158 Å². The van der Waals surface area contributed by atoms with Gasteiger partial charge in [0.1, 0.15) is 5.92 Å². The Bertz CT molecular complexity index is 535. The lowest BCUT2D eigenvalue weighted by atomic mass is 9.87. The maximum absolute atomic E-state index is 12.6. The number of hydrogen-bond donors (Lipinski definition) is 1. The number of alkyl halides is 3. The number of nitrogens with zero attached hydrogens (tertiary/aromatic N) is 1. The van der Waals surface area contributed by atoms with Crippen LogP contribution in [0.1, 0.15) is 64.2 Å². The van der Waals surface area contributed by atoms with Gasteiger partial charge in [-0.2, -0.15) is 0 Å². The summed E-state index contributed by atoms with van der Waals surface area (Å²) in [6.07, 6.45) is 2.69. The highest BCUT2D eigenvalue weighted by molar-refractivity contribution is 6.01. The van der Waals surface area contributed by atoms with Gasteiger partial charge in [-0.1, -0.05) is 25.7 Å². The number of ether oxygens (including phenoxy) is 1. The average Bonchev–Trinajstić information content (AvgIpc) is 3.01. The molecule has 0 spiro atoms. The third-order valence-corrected chi connectivity index (χ3v) is 6.17. The predicted octanol–water partition coefficient (Wildman–Crippen LogP) is 3.38. The van der Waals surface area contributed by atoms with E-state index in [1.165, 1.54) is 6.42 Å². The molecular weight excluding hydrogens is 361 g/mol. The van der Waals surface area contributed by atoms with Crippen LogP contribution in [0.5, 0.6) is 0 Å². The van der Waals surface area contributed by atoms with Crippen LogP contribution in [0, 0.1) is 11.8 Å². The summed E-state index contributed by atoms with van der Waals surface area (Å²) in [5, 5.41) is 2.81. The second-order valence-corrected chi connectivity index (χ2v) is 8.13. The number of carbonyl (C=O) groups is 2. The number of likely N-dealkylation sites (tertiary alicyclic amines) is 1. The monoisotopic (exact) mass is 390 g/mol. The van der Waals surface area contributed by atoms with Gasteiger partial charge in [-0.05, 0) is 44.4 Å². The van der Waals surface area contributed by atoms with Crippen LogP contribution in [0.15, 0.2) is 0 Å². The average molecular weight is 390 g/mol. The maximum Gasteiger partial charge on any atom is 0.522 e. The van der Waals surface area contributed by atoms with E-state index < -0.39 is 18.4 Å². The molecule has 5 nitrogen and oxygen atoms in total. The quantitative estimate of drug-likeness (QED) is 0.732. The van der Waals surface area contributed by atoms with Crippen molar-refractivity contribution in [1.29, 1.82) is 0 Å². The summed E-state index contributed by atoms with van der Waals surface area (Å²) >= 11 is 0. The van der Waals surface area contributed by atoms with Crippen molar-refractivity contribution in [3.05, 3.63) is 0 Å². The van der Waals surface area contributed by atoms with Crippen molar-refractivity contribution < 1.29 is 27.5 Å². The number of carbonyl (C=O) groups excluding carboxylic acids is 2. The first-order valence-corrected chi connectivity index (χ1v) is 10.2. The van der Waals surface area contributed by atoms with Crippen molar-refractivity contribution >= 4 is 11.8 Å². The number of hydrogen-bond acceptors (Lipinski definition) is 3.